The van der Waals surface area contributed by atoms with E-state index in [2.05, 4.69) is 39.8 Å². The molecule has 1 atom stereocenters. The van der Waals surface area contributed by atoms with Crippen LogP contribution in [0.25, 0.3) is 0 Å². The Balaban J connectivity index is 3.02. The highest BCUT2D eigenvalue weighted by Crippen LogP contribution is 2.42. The summed E-state index contributed by atoms with van der Waals surface area (Å²) in [5.74, 6) is 0.551. The van der Waals surface area contributed by atoms with Crippen molar-refractivity contribution in [2.75, 3.05) is 6.61 Å². The molecule has 14 heavy (non-hydrogen) atoms. The van der Waals surface area contributed by atoms with Gasteiger partial charge in [0.2, 0.25) is 0 Å². The molecule has 0 aromatic rings. The fraction of sp³-hybridized carbons (Fsp3) is 0.692. The Hall–Kier alpha value is -0.560. The molecule has 0 fully saturated rings. The summed E-state index contributed by atoms with van der Waals surface area (Å²) in [7, 11) is 0. The number of allylic oxidation sites excluding steroid dienone is 3. The van der Waals surface area contributed by atoms with Crippen molar-refractivity contribution in [2.45, 2.75) is 40.5 Å². The third-order valence-electron chi connectivity index (χ3n) is 3.51. The first-order chi connectivity index (χ1) is 6.53. The van der Waals surface area contributed by atoms with Gasteiger partial charge in [-0.1, -0.05) is 31.6 Å². The molecular weight excluding hydrogens is 172 g/mol. The minimum absolute atomic E-state index is 0.191. The number of aliphatic hydroxyl groups is 1. The fourth-order valence-corrected chi connectivity index (χ4v) is 2.45. The Kier molecular flexibility index (Phi) is 3.54. The smallest absolute Gasteiger partial charge is 0.0649 e. The lowest BCUT2D eigenvalue weighted by Gasteiger charge is -2.37. The van der Waals surface area contributed by atoms with Gasteiger partial charge < -0.3 is 5.11 Å². The predicted octanol–water partition coefficient (Wildman–Crippen LogP) is 3.31. The van der Waals surface area contributed by atoms with E-state index < -0.39 is 0 Å². The second kappa shape index (κ2) is 4.31. The van der Waals surface area contributed by atoms with Gasteiger partial charge in [0.05, 0.1) is 6.61 Å². The third-order valence-corrected chi connectivity index (χ3v) is 3.51. The Morgan fingerprint density at radius 2 is 2.14 bits per heavy atom. The van der Waals surface area contributed by atoms with Gasteiger partial charge in [0, 0.05) is 0 Å². The van der Waals surface area contributed by atoms with Crippen LogP contribution in [0.5, 0.6) is 0 Å². The van der Waals surface area contributed by atoms with Crippen molar-refractivity contribution in [3.63, 3.8) is 0 Å². The molecule has 0 amide bonds. The van der Waals surface area contributed by atoms with Crippen molar-refractivity contribution in [1.29, 1.82) is 0 Å². The van der Waals surface area contributed by atoms with Gasteiger partial charge in [0.15, 0.2) is 0 Å². The summed E-state index contributed by atoms with van der Waals surface area (Å²) in [5, 5.41) is 9.40. The van der Waals surface area contributed by atoms with Crippen molar-refractivity contribution in [3.05, 3.63) is 23.3 Å². The molecule has 0 saturated heterocycles. The SMILES string of the molecule is CC=CC1CCC(C)(C)C(CO)=C1C. The van der Waals surface area contributed by atoms with E-state index in [1.165, 1.54) is 24.0 Å². The van der Waals surface area contributed by atoms with Gasteiger partial charge in [-0.15, -0.1) is 0 Å². The van der Waals surface area contributed by atoms with E-state index in [-0.39, 0.29) is 12.0 Å². The van der Waals surface area contributed by atoms with Crippen LogP contribution >= 0.6 is 0 Å². The van der Waals surface area contributed by atoms with Crippen LogP contribution in [-0.4, -0.2) is 11.7 Å². The molecule has 80 valence electrons. The molecule has 0 aromatic carbocycles. The molecule has 1 rings (SSSR count). The van der Waals surface area contributed by atoms with E-state index in [0.717, 1.165) is 0 Å². The van der Waals surface area contributed by atoms with Gasteiger partial charge in [-0.3, -0.25) is 0 Å². The Bertz CT molecular complexity index is 258. The molecular formula is C13H22O. The minimum Gasteiger partial charge on any atom is -0.392 e. The molecule has 1 N–H and O–H groups in total. The molecule has 1 heteroatoms. The lowest BCUT2D eigenvalue weighted by molar-refractivity contribution is 0.254. The van der Waals surface area contributed by atoms with Gasteiger partial charge in [-0.05, 0) is 43.6 Å². The number of hydrogen-bond donors (Lipinski definition) is 1. The maximum absolute atomic E-state index is 9.40. The summed E-state index contributed by atoms with van der Waals surface area (Å²) in [6.07, 6.45) is 6.75. The van der Waals surface area contributed by atoms with Crippen LogP contribution in [-0.2, 0) is 0 Å². The lowest BCUT2D eigenvalue weighted by atomic mass is 9.69. The highest BCUT2D eigenvalue weighted by atomic mass is 16.3. The van der Waals surface area contributed by atoms with Crippen LogP contribution in [0, 0.1) is 11.3 Å². The standard InChI is InChI=1S/C13H22O/c1-5-6-11-7-8-13(3,4)12(9-14)10(11)2/h5-6,11,14H,7-9H2,1-4H3. The molecule has 1 aliphatic carbocycles. The van der Waals surface area contributed by atoms with Crippen molar-refractivity contribution >= 4 is 0 Å². The predicted molar refractivity (Wildman–Crippen MR) is 61.1 cm³/mol. The van der Waals surface area contributed by atoms with Crippen molar-refractivity contribution in [2.24, 2.45) is 11.3 Å². The summed E-state index contributed by atoms with van der Waals surface area (Å²) in [5.41, 5.74) is 2.81. The van der Waals surface area contributed by atoms with Crippen molar-refractivity contribution < 1.29 is 5.11 Å². The van der Waals surface area contributed by atoms with E-state index in [9.17, 15) is 5.11 Å². The van der Waals surface area contributed by atoms with Crippen LogP contribution in [0.15, 0.2) is 23.3 Å². The first kappa shape index (κ1) is 11.5. The zero-order valence-corrected chi connectivity index (χ0v) is 9.80. The van der Waals surface area contributed by atoms with E-state index >= 15 is 0 Å². The summed E-state index contributed by atoms with van der Waals surface area (Å²) < 4.78 is 0. The second-order valence-electron chi connectivity index (χ2n) is 4.87. The number of hydrogen-bond acceptors (Lipinski definition) is 1. The maximum atomic E-state index is 9.40. The largest absolute Gasteiger partial charge is 0.392 e. The summed E-state index contributed by atoms with van der Waals surface area (Å²) in [4.78, 5) is 0. The summed E-state index contributed by atoms with van der Waals surface area (Å²) in [6, 6.07) is 0. The molecule has 0 heterocycles. The zero-order chi connectivity index (χ0) is 10.8. The van der Waals surface area contributed by atoms with E-state index in [1.54, 1.807) is 0 Å². The van der Waals surface area contributed by atoms with Gasteiger partial charge >= 0.3 is 0 Å². The van der Waals surface area contributed by atoms with E-state index in [4.69, 9.17) is 0 Å². The Labute approximate surface area is 87.5 Å². The van der Waals surface area contributed by atoms with Crippen LogP contribution in [0.1, 0.15) is 40.5 Å². The van der Waals surface area contributed by atoms with Crippen LogP contribution < -0.4 is 0 Å². The van der Waals surface area contributed by atoms with E-state index in [1.807, 2.05) is 0 Å². The molecule has 0 bridgehead atoms. The van der Waals surface area contributed by atoms with Gasteiger partial charge in [-0.25, -0.2) is 0 Å². The van der Waals surface area contributed by atoms with Gasteiger partial charge in [0.25, 0.3) is 0 Å². The maximum Gasteiger partial charge on any atom is 0.0649 e. The van der Waals surface area contributed by atoms with Gasteiger partial charge in [-0.2, -0.15) is 0 Å². The zero-order valence-electron chi connectivity index (χ0n) is 9.80. The molecule has 0 saturated carbocycles. The Morgan fingerprint density at radius 3 is 2.64 bits per heavy atom. The second-order valence-corrected chi connectivity index (χ2v) is 4.87. The van der Waals surface area contributed by atoms with Crippen LogP contribution in [0.2, 0.25) is 0 Å². The summed E-state index contributed by atoms with van der Waals surface area (Å²) >= 11 is 0. The molecule has 0 aliphatic heterocycles. The van der Waals surface area contributed by atoms with Crippen molar-refractivity contribution in [3.8, 4) is 0 Å². The summed E-state index contributed by atoms with van der Waals surface area (Å²) in [6.45, 7) is 8.90. The first-order valence-corrected chi connectivity index (χ1v) is 5.46. The average molecular weight is 194 g/mol. The van der Waals surface area contributed by atoms with E-state index in [0.29, 0.717) is 5.92 Å². The third kappa shape index (κ3) is 2.09. The monoisotopic (exact) mass is 194 g/mol. The van der Waals surface area contributed by atoms with Gasteiger partial charge in [0.1, 0.15) is 0 Å². The number of aliphatic hydroxyl groups excluding tert-OH is 1. The Morgan fingerprint density at radius 1 is 1.50 bits per heavy atom. The molecule has 0 radical (unpaired) electrons. The molecule has 0 aromatic heterocycles. The minimum atomic E-state index is 0.191. The fourth-order valence-electron chi connectivity index (χ4n) is 2.45. The highest BCUT2D eigenvalue weighted by molar-refractivity contribution is 5.27. The lowest BCUT2D eigenvalue weighted by Crippen LogP contribution is -2.26. The molecule has 1 nitrogen and oxygen atoms in total. The average Bonchev–Trinajstić information content (AvgIpc) is 2.11. The first-order valence-electron chi connectivity index (χ1n) is 5.46. The molecule has 1 aliphatic rings. The molecule has 1 unspecified atom stereocenters. The number of rotatable bonds is 2. The van der Waals surface area contributed by atoms with Crippen LogP contribution in [0.3, 0.4) is 0 Å². The highest BCUT2D eigenvalue weighted by Gasteiger charge is 2.31. The van der Waals surface area contributed by atoms with Crippen molar-refractivity contribution in [1.82, 2.24) is 0 Å². The van der Waals surface area contributed by atoms with Crippen LogP contribution in [0.4, 0.5) is 0 Å². The quantitative estimate of drug-likeness (QED) is 0.669. The normalized spacial score (nSPS) is 27.4. The topological polar surface area (TPSA) is 20.2 Å². The molecule has 0 spiro atoms.